The Kier molecular flexibility index (Phi) is 3.36. The summed E-state index contributed by atoms with van der Waals surface area (Å²) < 4.78 is 2.19. The summed E-state index contributed by atoms with van der Waals surface area (Å²) in [5.74, 6) is 0.640. The Hall–Kier alpha value is -1.84. The van der Waals surface area contributed by atoms with E-state index in [0.717, 1.165) is 29.8 Å². The summed E-state index contributed by atoms with van der Waals surface area (Å²) in [5.41, 5.74) is 2.08. The summed E-state index contributed by atoms with van der Waals surface area (Å²) in [6, 6.07) is 5.14. The second kappa shape index (κ2) is 4.80. The number of aromatic carboxylic acids is 1. The highest BCUT2D eigenvalue weighted by molar-refractivity contribution is 5.92. The third-order valence-electron chi connectivity index (χ3n) is 2.94. The van der Waals surface area contributed by atoms with Gasteiger partial charge in [-0.2, -0.15) is 0 Å². The van der Waals surface area contributed by atoms with Gasteiger partial charge in [-0.1, -0.05) is 20.8 Å². The van der Waals surface area contributed by atoms with Gasteiger partial charge in [-0.15, -0.1) is 0 Å². The van der Waals surface area contributed by atoms with Gasteiger partial charge in [0.1, 0.15) is 5.82 Å². The van der Waals surface area contributed by atoms with Gasteiger partial charge in [0.05, 0.1) is 16.6 Å². The Bertz CT molecular complexity index is 585. The highest BCUT2D eigenvalue weighted by atomic mass is 16.4. The van der Waals surface area contributed by atoms with Crippen molar-refractivity contribution in [2.45, 2.75) is 33.7 Å². The van der Waals surface area contributed by atoms with Crippen LogP contribution < -0.4 is 0 Å². The summed E-state index contributed by atoms with van der Waals surface area (Å²) in [5, 5.41) is 8.99. The van der Waals surface area contributed by atoms with Crippen LogP contribution >= 0.6 is 0 Å². The van der Waals surface area contributed by atoms with Gasteiger partial charge in [-0.25, -0.2) is 9.78 Å². The van der Waals surface area contributed by atoms with Gasteiger partial charge in [0.25, 0.3) is 0 Å². The van der Waals surface area contributed by atoms with Crippen molar-refractivity contribution in [2.24, 2.45) is 5.92 Å². The van der Waals surface area contributed by atoms with E-state index in [9.17, 15) is 4.79 Å². The zero-order chi connectivity index (χ0) is 13.3. The van der Waals surface area contributed by atoms with Gasteiger partial charge < -0.3 is 9.67 Å². The zero-order valence-corrected chi connectivity index (χ0v) is 11.0. The predicted molar refractivity (Wildman–Crippen MR) is 70.9 cm³/mol. The molecule has 0 bridgehead atoms. The average molecular weight is 246 g/mol. The molecule has 0 saturated heterocycles. The second-order valence-corrected chi connectivity index (χ2v) is 4.89. The number of aromatic nitrogens is 2. The molecule has 0 saturated carbocycles. The fourth-order valence-corrected chi connectivity index (χ4v) is 2.15. The molecule has 18 heavy (non-hydrogen) atoms. The lowest BCUT2D eigenvalue weighted by Crippen LogP contribution is -2.07. The fraction of sp³-hybridized carbons (Fsp3) is 0.429. The molecule has 1 N–H and O–H groups in total. The molecule has 0 spiro atoms. The Balaban J connectivity index is 2.58. The number of hydrogen-bond acceptors (Lipinski definition) is 2. The standard InChI is InChI=1S/C14H18N2O2/c1-4-13-15-11-7-10(14(17)18)5-6-12(11)16(13)8-9(2)3/h5-7,9H,4,8H2,1-3H3,(H,17,18). The average Bonchev–Trinajstić information content (AvgIpc) is 2.65. The van der Waals surface area contributed by atoms with Gasteiger partial charge in [-0.05, 0) is 24.1 Å². The van der Waals surface area contributed by atoms with E-state index in [1.807, 2.05) is 6.07 Å². The summed E-state index contributed by atoms with van der Waals surface area (Å²) in [7, 11) is 0. The van der Waals surface area contributed by atoms with Gasteiger partial charge in [0, 0.05) is 13.0 Å². The van der Waals surface area contributed by atoms with Crippen LogP contribution in [0.4, 0.5) is 0 Å². The molecule has 0 atom stereocenters. The first kappa shape index (κ1) is 12.6. The van der Waals surface area contributed by atoms with E-state index in [1.165, 1.54) is 0 Å². The SMILES string of the molecule is CCc1nc2cc(C(=O)O)ccc2n1CC(C)C. The van der Waals surface area contributed by atoms with Crippen molar-refractivity contribution in [1.29, 1.82) is 0 Å². The van der Waals surface area contributed by atoms with Gasteiger partial charge in [-0.3, -0.25) is 0 Å². The summed E-state index contributed by atoms with van der Waals surface area (Å²) in [6.45, 7) is 7.30. The highest BCUT2D eigenvalue weighted by Gasteiger charge is 2.12. The molecule has 0 aliphatic heterocycles. The third kappa shape index (κ3) is 2.23. The molecular weight excluding hydrogens is 228 g/mol. The molecule has 2 aromatic rings. The van der Waals surface area contributed by atoms with Crippen LogP contribution in [0.15, 0.2) is 18.2 Å². The molecular formula is C14H18N2O2. The van der Waals surface area contributed by atoms with Gasteiger partial charge in [0.2, 0.25) is 0 Å². The lowest BCUT2D eigenvalue weighted by molar-refractivity contribution is 0.0697. The number of carboxylic acid groups (broad SMARTS) is 1. The van der Waals surface area contributed by atoms with Crippen molar-refractivity contribution < 1.29 is 9.90 Å². The molecule has 2 rings (SSSR count). The predicted octanol–water partition coefficient (Wildman–Crippen LogP) is 2.95. The first-order chi connectivity index (χ1) is 8.52. The molecule has 1 aromatic carbocycles. The molecule has 1 heterocycles. The Labute approximate surface area is 106 Å². The van der Waals surface area contributed by atoms with Crippen molar-refractivity contribution in [3.63, 3.8) is 0 Å². The number of carbonyl (C=O) groups is 1. The maximum atomic E-state index is 10.9. The topological polar surface area (TPSA) is 55.1 Å². The molecule has 0 fully saturated rings. The Morgan fingerprint density at radius 1 is 1.44 bits per heavy atom. The van der Waals surface area contributed by atoms with Crippen molar-refractivity contribution in [2.75, 3.05) is 0 Å². The summed E-state index contributed by atoms with van der Waals surface area (Å²) in [6.07, 6.45) is 0.851. The van der Waals surface area contributed by atoms with Crippen LogP contribution in [-0.2, 0) is 13.0 Å². The normalized spacial score (nSPS) is 11.3. The molecule has 0 amide bonds. The van der Waals surface area contributed by atoms with Crippen LogP contribution in [0.2, 0.25) is 0 Å². The Morgan fingerprint density at radius 2 is 2.17 bits per heavy atom. The van der Waals surface area contributed by atoms with E-state index >= 15 is 0 Å². The summed E-state index contributed by atoms with van der Waals surface area (Å²) >= 11 is 0. The monoisotopic (exact) mass is 246 g/mol. The fourth-order valence-electron chi connectivity index (χ4n) is 2.15. The lowest BCUT2D eigenvalue weighted by Gasteiger charge is -2.10. The minimum Gasteiger partial charge on any atom is -0.478 e. The van der Waals surface area contributed by atoms with Crippen LogP contribution in [0.5, 0.6) is 0 Å². The summed E-state index contributed by atoms with van der Waals surface area (Å²) in [4.78, 5) is 15.5. The zero-order valence-electron chi connectivity index (χ0n) is 11.0. The van der Waals surface area contributed by atoms with Crippen LogP contribution in [0.25, 0.3) is 11.0 Å². The number of carboxylic acids is 1. The minimum atomic E-state index is -0.909. The molecule has 0 unspecified atom stereocenters. The number of nitrogens with zero attached hydrogens (tertiary/aromatic N) is 2. The molecule has 1 aromatic heterocycles. The van der Waals surface area contributed by atoms with Crippen molar-refractivity contribution in [3.05, 3.63) is 29.6 Å². The molecule has 0 aliphatic rings. The molecule has 0 aliphatic carbocycles. The minimum absolute atomic E-state index is 0.291. The van der Waals surface area contributed by atoms with E-state index < -0.39 is 5.97 Å². The van der Waals surface area contributed by atoms with Crippen molar-refractivity contribution in [3.8, 4) is 0 Å². The second-order valence-electron chi connectivity index (χ2n) is 4.89. The number of aryl methyl sites for hydroxylation is 1. The van der Waals surface area contributed by atoms with Crippen LogP contribution in [-0.4, -0.2) is 20.6 Å². The molecule has 4 nitrogen and oxygen atoms in total. The highest BCUT2D eigenvalue weighted by Crippen LogP contribution is 2.20. The smallest absolute Gasteiger partial charge is 0.335 e. The van der Waals surface area contributed by atoms with Crippen molar-refractivity contribution in [1.82, 2.24) is 9.55 Å². The third-order valence-corrected chi connectivity index (χ3v) is 2.94. The molecule has 4 heteroatoms. The van der Waals surface area contributed by atoms with E-state index in [1.54, 1.807) is 12.1 Å². The molecule has 96 valence electrons. The van der Waals surface area contributed by atoms with E-state index in [4.69, 9.17) is 5.11 Å². The van der Waals surface area contributed by atoms with E-state index in [-0.39, 0.29) is 0 Å². The lowest BCUT2D eigenvalue weighted by atomic mass is 10.2. The molecule has 0 radical (unpaired) electrons. The van der Waals surface area contributed by atoms with Crippen LogP contribution in [0, 0.1) is 5.92 Å². The van der Waals surface area contributed by atoms with Crippen LogP contribution in [0.3, 0.4) is 0 Å². The van der Waals surface area contributed by atoms with Crippen LogP contribution in [0.1, 0.15) is 37.0 Å². The maximum absolute atomic E-state index is 10.9. The first-order valence-corrected chi connectivity index (χ1v) is 6.25. The first-order valence-electron chi connectivity index (χ1n) is 6.25. The largest absolute Gasteiger partial charge is 0.478 e. The number of imidazole rings is 1. The number of benzene rings is 1. The van der Waals surface area contributed by atoms with E-state index in [2.05, 4.69) is 30.3 Å². The number of hydrogen-bond donors (Lipinski definition) is 1. The van der Waals surface area contributed by atoms with E-state index in [0.29, 0.717) is 11.5 Å². The Morgan fingerprint density at radius 3 is 2.72 bits per heavy atom. The van der Waals surface area contributed by atoms with Gasteiger partial charge >= 0.3 is 5.97 Å². The van der Waals surface area contributed by atoms with Crippen molar-refractivity contribution >= 4 is 17.0 Å². The number of fused-ring (bicyclic) bond motifs is 1. The van der Waals surface area contributed by atoms with Gasteiger partial charge in [0.15, 0.2) is 0 Å². The maximum Gasteiger partial charge on any atom is 0.335 e. The quantitative estimate of drug-likeness (QED) is 0.902. The number of rotatable bonds is 4.